The lowest BCUT2D eigenvalue weighted by Crippen LogP contribution is -2.68. The summed E-state index contributed by atoms with van der Waals surface area (Å²) in [5.41, 5.74) is 6.51. The number of ether oxygens (including phenoxy) is 2. The van der Waals surface area contributed by atoms with E-state index in [9.17, 15) is 14.4 Å². The van der Waals surface area contributed by atoms with Crippen LogP contribution in [0, 0.1) is 5.92 Å². The molecule has 0 radical (unpaired) electrons. The third-order valence-electron chi connectivity index (χ3n) is 3.28. The number of fused-ring (bicyclic) bond motifs is 1. The van der Waals surface area contributed by atoms with Crippen molar-refractivity contribution < 1.29 is 23.9 Å². The maximum Gasteiger partial charge on any atom is 0.355 e. The summed E-state index contributed by atoms with van der Waals surface area (Å²) in [4.78, 5) is 36.7. The minimum Gasteiger partial charge on any atom is -0.461 e. The normalized spacial score (nSPS) is 24.0. The first-order chi connectivity index (χ1) is 10.3. The molecule has 2 aliphatic heterocycles. The van der Waals surface area contributed by atoms with E-state index in [1.54, 1.807) is 0 Å². The number of hydrogen-bond acceptors (Lipinski definition) is 7. The molecule has 0 aromatic carbocycles. The molecule has 1 saturated heterocycles. The summed E-state index contributed by atoms with van der Waals surface area (Å²) in [5.74, 6) is -0.664. The number of hydrogen-bond donors (Lipinski definition) is 1. The zero-order valence-electron chi connectivity index (χ0n) is 12.8. The van der Waals surface area contributed by atoms with Gasteiger partial charge in [-0.25, -0.2) is 4.79 Å². The maximum atomic E-state index is 12.3. The van der Waals surface area contributed by atoms with Gasteiger partial charge in [0.2, 0.25) is 5.91 Å². The Kier molecular flexibility index (Phi) is 5.12. The van der Waals surface area contributed by atoms with Crippen LogP contribution in [0.1, 0.15) is 20.8 Å². The van der Waals surface area contributed by atoms with E-state index in [0.717, 1.165) is 0 Å². The number of thioether (sulfide) groups is 1. The number of carbonyl (C=O) groups excluding carboxylic acids is 3. The van der Waals surface area contributed by atoms with Crippen LogP contribution in [-0.2, 0) is 23.9 Å². The van der Waals surface area contributed by atoms with Crippen LogP contribution < -0.4 is 5.73 Å². The van der Waals surface area contributed by atoms with Crippen molar-refractivity contribution in [1.29, 1.82) is 0 Å². The van der Waals surface area contributed by atoms with E-state index < -0.39 is 18.0 Å². The number of nitrogens with zero attached hydrogens (tertiary/aromatic N) is 1. The molecule has 0 aromatic rings. The molecule has 0 spiro atoms. The SMILES string of the molecule is CC(=O)OCC1=C(C(=O)OCC(C)C)N2C(=O)C(N)C2SC1. The van der Waals surface area contributed by atoms with Crippen LogP contribution in [0.4, 0.5) is 0 Å². The minimum absolute atomic E-state index is 0.0276. The molecule has 2 heterocycles. The molecule has 2 rings (SSSR count). The van der Waals surface area contributed by atoms with Gasteiger partial charge in [-0.05, 0) is 5.92 Å². The molecule has 2 unspecified atom stereocenters. The Morgan fingerprint density at radius 3 is 2.68 bits per heavy atom. The first kappa shape index (κ1) is 16.8. The monoisotopic (exact) mass is 328 g/mol. The Balaban J connectivity index is 2.22. The molecular weight excluding hydrogens is 308 g/mol. The molecule has 0 bridgehead atoms. The molecule has 2 aliphatic rings. The number of esters is 2. The largest absolute Gasteiger partial charge is 0.461 e. The van der Waals surface area contributed by atoms with Crippen LogP contribution in [0.2, 0.25) is 0 Å². The quantitative estimate of drug-likeness (QED) is 0.570. The Morgan fingerprint density at radius 1 is 1.41 bits per heavy atom. The lowest BCUT2D eigenvalue weighted by atomic mass is 10.0. The highest BCUT2D eigenvalue weighted by Gasteiger charge is 2.52. The van der Waals surface area contributed by atoms with Crippen LogP contribution in [0.5, 0.6) is 0 Å². The second-order valence-electron chi connectivity index (χ2n) is 5.66. The van der Waals surface area contributed by atoms with Gasteiger partial charge in [0, 0.05) is 18.2 Å². The molecule has 122 valence electrons. The summed E-state index contributed by atoms with van der Waals surface area (Å²) in [6.45, 7) is 5.37. The summed E-state index contributed by atoms with van der Waals surface area (Å²) in [6.07, 6.45) is 0. The van der Waals surface area contributed by atoms with Crippen molar-refractivity contribution in [2.75, 3.05) is 19.0 Å². The highest BCUT2D eigenvalue weighted by Crippen LogP contribution is 2.39. The van der Waals surface area contributed by atoms with Gasteiger partial charge in [-0.3, -0.25) is 14.5 Å². The van der Waals surface area contributed by atoms with Gasteiger partial charge >= 0.3 is 11.9 Å². The summed E-state index contributed by atoms with van der Waals surface area (Å²) in [7, 11) is 0. The number of β-lactam (4-membered cyclic amide) rings is 1. The van der Waals surface area contributed by atoms with E-state index >= 15 is 0 Å². The predicted molar refractivity (Wildman–Crippen MR) is 80.5 cm³/mol. The zero-order valence-corrected chi connectivity index (χ0v) is 13.6. The van der Waals surface area contributed by atoms with E-state index in [-0.39, 0.29) is 36.1 Å². The van der Waals surface area contributed by atoms with E-state index in [1.807, 2.05) is 13.8 Å². The van der Waals surface area contributed by atoms with Gasteiger partial charge in [0.05, 0.1) is 6.61 Å². The van der Waals surface area contributed by atoms with Gasteiger partial charge in [-0.1, -0.05) is 13.8 Å². The summed E-state index contributed by atoms with van der Waals surface area (Å²) in [5, 5.41) is -0.254. The highest BCUT2D eigenvalue weighted by molar-refractivity contribution is 8.00. The molecule has 0 saturated carbocycles. The smallest absolute Gasteiger partial charge is 0.355 e. The molecule has 0 aliphatic carbocycles. The summed E-state index contributed by atoms with van der Waals surface area (Å²) < 4.78 is 10.2. The van der Waals surface area contributed by atoms with E-state index in [0.29, 0.717) is 11.3 Å². The van der Waals surface area contributed by atoms with Crippen LogP contribution >= 0.6 is 11.8 Å². The molecule has 22 heavy (non-hydrogen) atoms. The molecule has 1 amide bonds. The molecule has 8 heteroatoms. The summed E-state index contributed by atoms with van der Waals surface area (Å²) in [6, 6.07) is -0.604. The van der Waals surface area contributed by atoms with Crippen molar-refractivity contribution >= 4 is 29.6 Å². The molecular formula is C14H20N2O5S. The van der Waals surface area contributed by atoms with Gasteiger partial charge in [-0.15, -0.1) is 11.8 Å². The van der Waals surface area contributed by atoms with Gasteiger partial charge in [-0.2, -0.15) is 0 Å². The average Bonchev–Trinajstić information content (AvgIpc) is 2.48. The van der Waals surface area contributed by atoms with Gasteiger partial charge in [0.15, 0.2) is 0 Å². The van der Waals surface area contributed by atoms with Crippen LogP contribution in [-0.4, -0.2) is 53.1 Å². The lowest BCUT2D eigenvalue weighted by Gasteiger charge is -2.48. The Labute approximate surface area is 133 Å². The van der Waals surface area contributed by atoms with Gasteiger partial charge < -0.3 is 15.2 Å². The minimum atomic E-state index is -0.604. The number of amides is 1. The van der Waals surface area contributed by atoms with Crippen LogP contribution in [0.25, 0.3) is 0 Å². The molecule has 0 aromatic heterocycles. The zero-order chi connectivity index (χ0) is 16.4. The predicted octanol–water partition coefficient (Wildman–Crippen LogP) is 0.245. The molecule has 2 atom stereocenters. The Morgan fingerprint density at radius 2 is 2.09 bits per heavy atom. The summed E-state index contributed by atoms with van der Waals surface area (Å²) >= 11 is 1.45. The lowest BCUT2D eigenvalue weighted by molar-refractivity contribution is -0.151. The van der Waals surface area contributed by atoms with Gasteiger partial charge in [0.25, 0.3) is 0 Å². The third kappa shape index (κ3) is 3.27. The van der Waals surface area contributed by atoms with Gasteiger partial charge in [0.1, 0.15) is 23.7 Å². The first-order valence-corrected chi connectivity index (χ1v) is 8.10. The van der Waals surface area contributed by atoms with Crippen molar-refractivity contribution in [3.63, 3.8) is 0 Å². The van der Waals surface area contributed by atoms with Crippen LogP contribution in [0.3, 0.4) is 0 Å². The van der Waals surface area contributed by atoms with E-state index in [1.165, 1.54) is 23.6 Å². The highest BCUT2D eigenvalue weighted by atomic mass is 32.2. The fourth-order valence-corrected chi connectivity index (χ4v) is 3.45. The third-order valence-corrected chi connectivity index (χ3v) is 4.64. The van der Waals surface area contributed by atoms with Crippen molar-refractivity contribution in [1.82, 2.24) is 4.90 Å². The molecule has 2 N–H and O–H groups in total. The second-order valence-corrected chi connectivity index (χ2v) is 6.77. The van der Waals surface area contributed by atoms with Crippen LogP contribution in [0.15, 0.2) is 11.3 Å². The van der Waals surface area contributed by atoms with Crippen molar-refractivity contribution in [3.05, 3.63) is 11.3 Å². The van der Waals surface area contributed by atoms with E-state index in [4.69, 9.17) is 15.2 Å². The second kappa shape index (κ2) is 6.70. The Hall–Kier alpha value is -1.54. The standard InChI is InChI=1S/C14H20N2O5S/c1-7(2)4-21-14(19)11-9(5-20-8(3)17)6-22-13-10(15)12(18)16(11)13/h7,10,13H,4-6,15H2,1-3H3. The maximum absolute atomic E-state index is 12.3. The van der Waals surface area contributed by atoms with Crippen molar-refractivity contribution in [2.45, 2.75) is 32.2 Å². The van der Waals surface area contributed by atoms with Crippen molar-refractivity contribution in [3.8, 4) is 0 Å². The molecule has 7 nitrogen and oxygen atoms in total. The van der Waals surface area contributed by atoms with E-state index in [2.05, 4.69) is 0 Å². The number of nitrogens with two attached hydrogens (primary N) is 1. The fourth-order valence-electron chi connectivity index (χ4n) is 2.18. The Bertz CT molecular complexity index is 531. The first-order valence-electron chi connectivity index (χ1n) is 7.05. The fraction of sp³-hybridized carbons (Fsp3) is 0.643. The average molecular weight is 328 g/mol. The topological polar surface area (TPSA) is 98.9 Å². The van der Waals surface area contributed by atoms with Crippen molar-refractivity contribution in [2.24, 2.45) is 11.7 Å². The molecule has 1 fully saturated rings. The number of rotatable bonds is 5. The number of carbonyl (C=O) groups is 3.